The third-order valence-corrected chi connectivity index (χ3v) is 1.60. The minimum Gasteiger partial charge on any atom is -0.481 e. The predicted octanol–water partition coefficient (Wildman–Crippen LogP) is -1.23. The summed E-state index contributed by atoms with van der Waals surface area (Å²) >= 11 is 0. The number of nitrogens with two attached hydrogens (primary N) is 1. The maximum Gasteiger partial charge on any atom is 0.305 e. The smallest absolute Gasteiger partial charge is 0.305 e. The molecule has 0 saturated heterocycles. The standard InChI is InChI=1S/C8H14N2O5/c1-4(2-6(11)12)10-8(15)5(9)3-7(13)14/h4-5H,2-3,9H2,1H3,(H,10,15)(H,11,12)(H,13,14). The van der Waals surface area contributed by atoms with Gasteiger partial charge in [-0.05, 0) is 6.92 Å². The van der Waals surface area contributed by atoms with Crippen LogP contribution in [-0.4, -0.2) is 40.1 Å². The normalized spacial score (nSPS) is 14.0. The molecule has 0 aliphatic heterocycles. The van der Waals surface area contributed by atoms with Crippen molar-refractivity contribution in [2.45, 2.75) is 31.8 Å². The molecule has 2 unspecified atom stereocenters. The van der Waals surface area contributed by atoms with E-state index in [0.29, 0.717) is 0 Å². The van der Waals surface area contributed by atoms with Crippen molar-refractivity contribution in [3.05, 3.63) is 0 Å². The molecule has 0 saturated carbocycles. The Morgan fingerprint density at radius 3 is 2.07 bits per heavy atom. The molecule has 0 aliphatic rings. The molecule has 7 nitrogen and oxygen atoms in total. The van der Waals surface area contributed by atoms with E-state index in [1.807, 2.05) is 0 Å². The van der Waals surface area contributed by atoms with E-state index in [1.165, 1.54) is 6.92 Å². The second kappa shape index (κ2) is 5.97. The number of amides is 1. The summed E-state index contributed by atoms with van der Waals surface area (Å²) in [6.45, 7) is 1.50. The van der Waals surface area contributed by atoms with Gasteiger partial charge in [-0.25, -0.2) is 0 Å². The maximum absolute atomic E-state index is 11.2. The predicted molar refractivity (Wildman–Crippen MR) is 50.1 cm³/mol. The van der Waals surface area contributed by atoms with Gasteiger partial charge in [0.15, 0.2) is 0 Å². The first kappa shape index (κ1) is 13.4. The molecule has 0 aromatic carbocycles. The van der Waals surface area contributed by atoms with Gasteiger partial charge >= 0.3 is 11.9 Å². The molecule has 0 heterocycles. The molecule has 0 spiro atoms. The summed E-state index contributed by atoms with van der Waals surface area (Å²) < 4.78 is 0. The number of carbonyl (C=O) groups is 3. The van der Waals surface area contributed by atoms with Crippen molar-refractivity contribution in [1.82, 2.24) is 5.32 Å². The van der Waals surface area contributed by atoms with Crippen LogP contribution in [0.1, 0.15) is 19.8 Å². The molecule has 0 aromatic rings. The average Bonchev–Trinajstić information content (AvgIpc) is 2.00. The molecule has 0 fully saturated rings. The molecule has 0 aliphatic carbocycles. The van der Waals surface area contributed by atoms with Crippen LogP contribution in [-0.2, 0) is 14.4 Å². The first-order valence-electron chi connectivity index (χ1n) is 4.32. The first-order valence-corrected chi connectivity index (χ1v) is 4.32. The van der Waals surface area contributed by atoms with Crippen LogP contribution in [0.5, 0.6) is 0 Å². The second-order valence-corrected chi connectivity index (χ2v) is 3.21. The van der Waals surface area contributed by atoms with Gasteiger partial charge in [-0.1, -0.05) is 0 Å². The van der Waals surface area contributed by atoms with Crippen molar-refractivity contribution in [3.63, 3.8) is 0 Å². The average molecular weight is 218 g/mol. The van der Waals surface area contributed by atoms with Crippen molar-refractivity contribution in [1.29, 1.82) is 0 Å². The van der Waals surface area contributed by atoms with Gasteiger partial charge in [-0.15, -0.1) is 0 Å². The van der Waals surface area contributed by atoms with E-state index in [2.05, 4.69) is 5.32 Å². The molecule has 0 rings (SSSR count). The number of hydrogen-bond donors (Lipinski definition) is 4. The van der Waals surface area contributed by atoms with Gasteiger partial charge in [0, 0.05) is 6.04 Å². The molecule has 86 valence electrons. The number of nitrogens with one attached hydrogen (secondary N) is 1. The van der Waals surface area contributed by atoms with Crippen molar-refractivity contribution >= 4 is 17.8 Å². The van der Waals surface area contributed by atoms with Crippen LogP contribution in [0.15, 0.2) is 0 Å². The van der Waals surface area contributed by atoms with E-state index in [1.54, 1.807) is 0 Å². The summed E-state index contributed by atoms with van der Waals surface area (Å²) in [5, 5.41) is 19.1. The third-order valence-electron chi connectivity index (χ3n) is 1.60. The number of rotatable bonds is 6. The second-order valence-electron chi connectivity index (χ2n) is 3.21. The van der Waals surface area contributed by atoms with E-state index in [-0.39, 0.29) is 6.42 Å². The fraction of sp³-hybridized carbons (Fsp3) is 0.625. The van der Waals surface area contributed by atoms with Gasteiger partial charge in [0.1, 0.15) is 0 Å². The molecule has 2 atom stereocenters. The van der Waals surface area contributed by atoms with E-state index >= 15 is 0 Å². The van der Waals surface area contributed by atoms with Gasteiger partial charge in [-0.2, -0.15) is 0 Å². The zero-order valence-electron chi connectivity index (χ0n) is 8.27. The lowest BCUT2D eigenvalue weighted by Gasteiger charge is -2.14. The number of aliphatic carboxylic acids is 2. The topological polar surface area (TPSA) is 130 Å². The van der Waals surface area contributed by atoms with Gasteiger partial charge in [0.2, 0.25) is 5.91 Å². The first-order chi connectivity index (χ1) is 6.82. The van der Waals surface area contributed by atoms with E-state index in [9.17, 15) is 14.4 Å². The summed E-state index contributed by atoms with van der Waals surface area (Å²) in [4.78, 5) is 31.7. The third kappa shape index (κ3) is 6.44. The molecule has 5 N–H and O–H groups in total. The molecule has 0 radical (unpaired) electrons. The molecular weight excluding hydrogens is 204 g/mol. The number of hydrogen-bond acceptors (Lipinski definition) is 4. The molecule has 0 aromatic heterocycles. The minimum atomic E-state index is -1.18. The Hall–Kier alpha value is -1.63. The minimum absolute atomic E-state index is 0.231. The van der Waals surface area contributed by atoms with E-state index < -0.39 is 36.4 Å². The van der Waals surface area contributed by atoms with Crippen molar-refractivity contribution in [3.8, 4) is 0 Å². The lowest BCUT2D eigenvalue weighted by Crippen LogP contribution is -2.45. The van der Waals surface area contributed by atoms with Crippen molar-refractivity contribution < 1.29 is 24.6 Å². The van der Waals surface area contributed by atoms with E-state index in [4.69, 9.17) is 15.9 Å². The lowest BCUT2D eigenvalue weighted by molar-refractivity contribution is -0.140. The van der Waals surface area contributed by atoms with Crippen LogP contribution >= 0.6 is 0 Å². The van der Waals surface area contributed by atoms with Crippen LogP contribution in [0, 0.1) is 0 Å². The van der Waals surface area contributed by atoms with Crippen LogP contribution < -0.4 is 11.1 Å². The Balaban J connectivity index is 4.01. The summed E-state index contributed by atoms with van der Waals surface area (Å²) in [6, 6.07) is -1.73. The van der Waals surface area contributed by atoms with Crippen LogP contribution in [0.2, 0.25) is 0 Å². The van der Waals surface area contributed by atoms with Gasteiger partial charge in [0.25, 0.3) is 0 Å². The quantitative estimate of drug-likeness (QED) is 0.441. The largest absolute Gasteiger partial charge is 0.481 e. The molecule has 7 heteroatoms. The van der Waals surface area contributed by atoms with Crippen molar-refractivity contribution in [2.24, 2.45) is 5.73 Å². The molecular formula is C8H14N2O5. The lowest BCUT2D eigenvalue weighted by atomic mass is 10.2. The maximum atomic E-state index is 11.2. The Labute approximate surface area is 86.3 Å². The summed E-state index contributed by atoms with van der Waals surface area (Å²) in [5.41, 5.74) is 5.26. The highest BCUT2D eigenvalue weighted by Gasteiger charge is 2.19. The Kier molecular flexibility index (Phi) is 5.32. The Morgan fingerprint density at radius 2 is 1.67 bits per heavy atom. The zero-order chi connectivity index (χ0) is 12.0. The Bertz CT molecular complexity index is 266. The molecule has 1 amide bonds. The molecule has 0 bridgehead atoms. The molecule has 15 heavy (non-hydrogen) atoms. The van der Waals surface area contributed by atoms with E-state index in [0.717, 1.165) is 0 Å². The van der Waals surface area contributed by atoms with Crippen molar-refractivity contribution in [2.75, 3.05) is 0 Å². The number of carboxylic acid groups (broad SMARTS) is 2. The van der Waals surface area contributed by atoms with Crippen LogP contribution in [0.25, 0.3) is 0 Å². The fourth-order valence-electron chi connectivity index (χ4n) is 0.944. The fourth-order valence-corrected chi connectivity index (χ4v) is 0.944. The summed E-state index contributed by atoms with van der Waals surface area (Å²) in [6.07, 6.45) is -0.711. The van der Waals surface area contributed by atoms with Crippen LogP contribution in [0.4, 0.5) is 0 Å². The van der Waals surface area contributed by atoms with Crippen LogP contribution in [0.3, 0.4) is 0 Å². The van der Waals surface area contributed by atoms with Gasteiger partial charge < -0.3 is 21.3 Å². The Morgan fingerprint density at radius 1 is 1.20 bits per heavy atom. The summed E-state index contributed by atoms with van der Waals surface area (Å²) in [7, 11) is 0. The monoisotopic (exact) mass is 218 g/mol. The highest BCUT2D eigenvalue weighted by Crippen LogP contribution is 1.94. The number of carbonyl (C=O) groups excluding carboxylic acids is 1. The highest BCUT2D eigenvalue weighted by atomic mass is 16.4. The van der Waals surface area contributed by atoms with Gasteiger partial charge in [0.05, 0.1) is 18.9 Å². The van der Waals surface area contributed by atoms with Gasteiger partial charge in [-0.3, -0.25) is 14.4 Å². The zero-order valence-corrected chi connectivity index (χ0v) is 8.27. The summed E-state index contributed by atoms with van der Waals surface area (Å²) in [5.74, 6) is -2.88. The number of carboxylic acids is 2. The SMILES string of the molecule is CC(CC(=O)O)NC(=O)C(N)CC(=O)O. The highest BCUT2D eigenvalue weighted by molar-refractivity contribution is 5.86.